The summed E-state index contributed by atoms with van der Waals surface area (Å²) in [6.07, 6.45) is 12.4. The van der Waals surface area contributed by atoms with Gasteiger partial charge >= 0.3 is 5.97 Å². The van der Waals surface area contributed by atoms with E-state index >= 15 is 0 Å². The quantitative estimate of drug-likeness (QED) is 0.246. The number of rotatable bonds is 19. The molecule has 0 aliphatic heterocycles. The van der Waals surface area contributed by atoms with Crippen LogP contribution in [0.2, 0.25) is 0 Å². The predicted octanol–water partition coefficient (Wildman–Crippen LogP) is 3.53. The van der Waals surface area contributed by atoms with Crippen molar-refractivity contribution in [1.29, 1.82) is 0 Å². The molecule has 0 spiro atoms. The number of nitrogens with two attached hydrogens (primary N) is 1. The molecule has 5 N–H and O–H groups in total. The molecule has 0 aromatic rings. The maximum absolute atomic E-state index is 11.7. The minimum Gasteiger partial charge on any atom is -0.480 e. The average molecular weight is 403 g/mol. The van der Waals surface area contributed by atoms with Crippen LogP contribution in [0.25, 0.3) is 0 Å². The monoisotopic (exact) mass is 402 g/mol. The van der Waals surface area contributed by atoms with Crippen LogP contribution >= 0.6 is 0 Å². The van der Waals surface area contributed by atoms with Crippen molar-refractivity contribution >= 4 is 5.97 Å². The highest BCUT2D eigenvalue weighted by Crippen LogP contribution is 2.18. The Morgan fingerprint density at radius 1 is 0.893 bits per heavy atom. The molecule has 0 fully saturated rings. The normalized spacial score (nSPS) is 16.1. The molecule has 0 aromatic heterocycles. The summed E-state index contributed by atoms with van der Waals surface area (Å²) in [5.41, 5.74) is 5.47. The van der Waals surface area contributed by atoms with Crippen LogP contribution in [0.3, 0.4) is 0 Å². The minimum absolute atomic E-state index is 0.0368. The minimum atomic E-state index is -1.02. The molecule has 6 nitrogen and oxygen atoms in total. The Balaban J connectivity index is 4.29. The number of hydrogen-bond donors (Lipinski definition) is 4. The maximum atomic E-state index is 11.7. The first-order chi connectivity index (χ1) is 13.3. The molecular weight excluding hydrogens is 356 g/mol. The van der Waals surface area contributed by atoms with Gasteiger partial charge < -0.3 is 21.1 Å². The fraction of sp³-hybridized carbons (Fsp3) is 0.955. The molecule has 6 heteroatoms. The first-order valence-corrected chi connectivity index (χ1v) is 11.4. The van der Waals surface area contributed by atoms with Gasteiger partial charge in [0.1, 0.15) is 6.04 Å². The number of carboxylic acids is 1. The van der Waals surface area contributed by atoms with Gasteiger partial charge in [-0.05, 0) is 26.7 Å². The number of unbranched alkanes of at least 4 members (excludes halogenated alkanes) is 9. The van der Waals surface area contributed by atoms with E-state index in [1.807, 2.05) is 11.8 Å². The molecule has 0 amide bonds. The summed E-state index contributed by atoms with van der Waals surface area (Å²) in [7, 11) is 0. The van der Waals surface area contributed by atoms with E-state index in [0.29, 0.717) is 13.0 Å². The molecular formula is C22H46N2O4. The smallest absolute Gasteiger partial charge is 0.323 e. The highest BCUT2D eigenvalue weighted by molar-refractivity contribution is 5.74. The molecule has 168 valence electrons. The van der Waals surface area contributed by atoms with Crippen LogP contribution in [0.1, 0.15) is 97.8 Å². The lowest BCUT2D eigenvalue weighted by Gasteiger charge is -2.36. The van der Waals surface area contributed by atoms with E-state index in [4.69, 9.17) is 5.73 Å². The van der Waals surface area contributed by atoms with E-state index in [9.17, 15) is 20.1 Å². The van der Waals surface area contributed by atoms with Crippen molar-refractivity contribution in [2.45, 2.75) is 122 Å². The molecule has 0 aliphatic rings. The molecule has 0 radical (unpaired) electrons. The van der Waals surface area contributed by atoms with Crippen LogP contribution in [0.5, 0.6) is 0 Å². The summed E-state index contributed by atoms with van der Waals surface area (Å²) in [6, 6.07) is -0.919. The Hall–Kier alpha value is -0.690. The summed E-state index contributed by atoms with van der Waals surface area (Å²) in [6.45, 7) is 6.34. The molecule has 0 heterocycles. The van der Waals surface area contributed by atoms with E-state index in [2.05, 4.69) is 6.92 Å². The topological polar surface area (TPSA) is 107 Å². The van der Waals surface area contributed by atoms with Gasteiger partial charge in [-0.25, -0.2) is 0 Å². The van der Waals surface area contributed by atoms with Crippen molar-refractivity contribution in [3.63, 3.8) is 0 Å². The number of nitrogens with zero attached hydrogens (tertiary/aromatic N) is 1. The second-order valence-electron chi connectivity index (χ2n) is 8.26. The van der Waals surface area contributed by atoms with E-state index in [1.54, 1.807) is 0 Å². The van der Waals surface area contributed by atoms with Crippen molar-refractivity contribution in [1.82, 2.24) is 4.90 Å². The molecule has 28 heavy (non-hydrogen) atoms. The molecule has 0 saturated carbocycles. The molecule has 0 saturated heterocycles. The van der Waals surface area contributed by atoms with E-state index in [0.717, 1.165) is 19.3 Å². The SMILES string of the molecule is CCCCCCCCCCCCC(C)N(CCC(O)CN)C(C(=O)O)C(C)O. The van der Waals surface area contributed by atoms with Gasteiger partial charge in [-0.15, -0.1) is 0 Å². The predicted molar refractivity (Wildman–Crippen MR) is 115 cm³/mol. The van der Waals surface area contributed by atoms with Crippen molar-refractivity contribution in [3.8, 4) is 0 Å². The van der Waals surface area contributed by atoms with E-state index < -0.39 is 24.2 Å². The Morgan fingerprint density at radius 2 is 1.39 bits per heavy atom. The van der Waals surface area contributed by atoms with Gasteiger partial charge in [0.05, 0.1) is 12.2 Å². The van der Waals surface area contributed by atoms with Crippen molar-refractivity contribution in [2.75, 3.05) is 13.1 Å². The van der Waals surface area contributed by atoms with Crippen molar-refractivity contribution in [2.24, 2.45) is 5.73 Å². The van der Waals surface area contributed by atoms with Crippen molar-refractivity contribution < 1.29 is 20.1 Å². The van der Waals surface area contributed by atoms with Gasteiger partial charge in [-0.3, -0.25) is 9.69 Å². The van der Waals surface area contributed by atoms with E-state index in [1.165, 1.54) is 58.3 Å². The highest BCUT2D eigenvalue weighted by Gasteiger charge is 2.33. The number of carbonyl (C=O) groups is 1. The second kappa shape index (κ2) is 17.2. The van der Waals surface area contributed by atoms with Crippen LogP contribution in [0.15, 0.2) is 0 Å². The van der Waals surface area contributed by atoms with Crippen LogP contribution in [0.4, 0.5) is 0 Å². The standard InChI is InChI=1S/C22H46N2O4/c1-4-5-6-7-8-9-10-11-12-13-14-18(2)24(16-15-20(26)17-23)21(19(3)25)22(27)28/h18-21,25-26H,4-17,23H2,1-3H3,(H,27,28). The zero-order chi connectivity index (χ0) is 21.4. The average Bonchev–Trinajstić information content (AvgIpc) is 2.65. The first kappa shape index (κ1) is 27.3. The highest BCUT2D eigenvalue weighted by atomic mass is 16.4. The largest absolute Gasteiger partial charge is 0.480 e. The Bertz CT molecular complexity index is 380. The molecule has 4 atom stereocenters. The van der Waals surface area contributed by atoms with Gasteiger partial charge in [0, 0.05) is 19.1 Å². The lowest BCUT2D eigenvalue weighted by atomic mass is 10.0. The fourth-order valence-corrected chi connectivity index (χ4v) is 3.77. The number of hydrogen-bond acceptors (Lipinski definition) is 5. The van der Waals surface area contributed by atoms with Gasteiger partial charge in [0.2, 0.25) is 0 Å². The van der Waals surface area contributed by atoms with Crippen LogP contribution in [-0.2, 0) is 4.79 Å². The summed E-state index contributed by atoms with van der Waals surface area (Å²) < 4.78 is 0. The molecule has 0 aliphatic carbocycles. The Morgan fingerprint density at radius 3 is 1.82 bits per heavy atom. The van der Waals surface area contributed by atoms with Crippen LogP contribution in [0, 0.1) is 0 Å². The lowest BCUT2D eigenvalue weighted by Crippen LogP contribution is -2.52. The molecule has 0 rings (SSSR count). The summed E-state index contributed by atoms with van der Waals surface area (Å²) in [4.78, 5) is 13.5. The summed E-state index contributed by atoms with van der Waals surface area (Å²) >= 11 is 0. The zero-order valence-corrected chi connectivity index (χ0v) is 18.5. The van der Waals surface area contributed by atoms with Gasteiger partial charge in [0.15, 0.2) is 0 Å². The Kier molecular flexibility index (Phi) is 16.8. The van der Waals surface area contributed by atoms with Crippen LogP contribution in [-0.4, -0.2) is 63.6 Å². The fourth-order valence-electron chi connectivity index (χ4n) is 3.77. The third-order valence-electron chi connectivity index (χ3n) is 5.60. The van der Waals surface area contributed by atoms with E-state index in [-0.39, 0.29) is 12.6 Å². The zero-order valence-electron chi connectivity index (χ0n) is 18.5. The lowest BCUT2D eigenvalue weighted by molar-refractivity contribution is -0.149. The van der Waals surface area contributed by atoms with Crippen LogP contribution < -0.4 is 5.73 Å². The molecule has 0 bridgehead atoms. The first-order valence-electron chi connectivity index (χ1n) is 11.4. The third-order valence-corrected chi connectivity index (χ3v) is 5.60. The Labute approximate surface area is 172 Å². The number of carboxylic acid groups (broad SMARTS) is 1. The second-order valence-corrected chi connectivity index (χ2v) is 8.26. The number of aliphatic hydroxyl groups is 2. The van der Waals surface area contributed by atoms with Gasteiger partial charge in [-0.1, -0.05) is 71.1 Å². The summed E-state index contributed by atoms with van der Waals surface area (Å²) in [5.74, 6) is -1.02. The third kappa shape index (κ3) is 12.7. The number of aliphatic hydroxyl groups excluding tert-OH is 2. The molecule has 0 aromatic carbocycles. The van der Waals surface area contributed by atoms with Gasteiger partial charge in [0.25, 0.3) is 0 Å². The maximum Gasteiger partial charge on any atom is 0.323 e. The number of aliphatic carboxylic acids is 1. The van der Waals surface area contributed by atoms with Crippen molar-refractivity contribution in [3.05, 3.63) is 0 Å². The summed E-state index contributed by atoms with van der Waals surface area (Å²) in [5, 5.41) is 29.3. The van der Waals surface area contributed by atoms with Gasteiger partial charge in [-0.2, -0.15) is 0 Å². The molecule has 4 unspecified atom stereocenters.